The van der Waals surface area contributed by atoms with Crippen molar-refractivity contribution in [2.75, 3.05) is 11.9 Å². The maximum Gasteiger partial charge on any atom is 0.310 e. The Morgan fingerprint density at radius 3 is 2.31 bits per heavy atom. The molecule has 5 nitrogen and oxygen atoms in total. The monoisotopic (exact) mass is 391 g/mol. The van der Waals surface area contributed by atoms with Gasteiger partial charge in [-0.1, -0.05) is 48.5 Å². The van der Waals surface area contributed by atoms with Crippen molar-refractivity contribution in [2.24, 2.45) is 23.7 Å². The van der Waals surface area contributed by atoms with Gasteiger partial charge in [0.1, 0.15) is 0 Å². The lowest BCUT2D eigenvalue weighted by Crippen LogP contribution is -2.37. The van der Waals surface area contributed by atoms with Gasteiger partial charge in [0, 0.05) is 17.2 Å². The van der Waals surface area contributed by atoms with Gasteiger partial charge in [-0.15, -0.1) is 0 Å². The lowest BCUT2D eigenvalue weighted by Gasteiger charge is -2.28. The summed E-state index contributed by atoms with van der Waals surface area (Å²) in [6.07, 6.45) is 2.81. The van der Waals surface area contributed by atoms with E-state index in [9.17, 15) is 14.4 Å². The number of carbonyl (C=O) groups is 3. The van der Waals surface area contributed by atoms with E-state index in [1.165, 1.54) is 0 Å². The number of Topliss-reactive ketones (excluding diaryl/α,β-unsaturated/α-hetero) is 1. The number of para-hydroxylation sites is 1. The van der Waals surface area contributed by atoms with Gasteiger partial charge in [-0.2, -0.15) is 0 Å². The number of ketones is 1. The topological polar surface area (TPSA) is 72.5 Å². The SMILES string of the molecule is Cc1ccccc1NC(=O)COC(=O)[C@@H]1[C@H]2CC[C@@H](C2)[C@@H]1C(=O)c1ccccc1. The summed E-state index contributed by atoms with van der Waals surface area (Å²) < 4.78 is 5.37. The molecule has 2 bridgehead atoms. The molecule has 1 amide bonds. The summed E-state index contributed by atoms with van der Waals surface area (Å²) in [7, 11) is 0. The van der Waals surface area contributed by atoms with E-state index in [0.717, 1.165) is 24.8 Å². The minimum atomic E-state index is -0.451. The fraction of sp³-hybridized carbons (Fsp3) is 0.375. The second-order valence-electron chi connectivity index (χ2n) is 8.09. The number of esters is 1. The van der Waals surface area contributed by atoms with Gasteiger partial charge in [-0.3, -0.25) is 14.4 Å². The molecule has 2 saturated carbocycles. The summed E-state index contributed by atoms with van der Waals surface area (Å²) in [5.74, 6) is -1.18. The molecular formula is C24H25NO4. The zero-order chi connectivity index (χ0) is 20.4. The first-order valence-corrected chi connectivity index (χ1v) is 10.2. The first kappa shape index (κ1) is 19.4. The Morgan fingerprint density at radius 1 is 0.931 bits per heavy atom. The molecule has 0 aromatic heterocycles. The van der Waals surface area contributed by atoms with Crippen molar-refractivity contribution >= 4 is 23.3 Å². The van der Waals surface area contributed by atoms with Crippen LogP contribution in [-0.4, -0.2) is 24.3 Å². The van der Waals surface area contributed by atoms with Crippen molar-refractivity contribution in [3.05, 3.63) is 65.7 Å². The van der Waals surface area contributed by atoms with Crippen molar-refractivity contribution in [1.82, 2.24) is 0 Å². The summed E-state index contributed by atoms with van der Waals surface area (Å²) in [5, 5.41) is 2.77. The van der Waals surface area contributed by atoms with Crippen LogP contribution in [0.1, 0.15) is 35.2 Å². The van der Waals surface area contributed by atoms with Gasteiger partial charge in [0.05, 0.1) is 5.92 Å². The fourth-order valence-corrected chi connectivity index (χ4v) is 4.93. The molecule has 5 heteroatoms. The van der Waals surface area contributed by atoms with Crippen LogP contribution in [-0.2, 0) is 14.3 Å². The van der Waals surface area contributed by atoms with Gasteiger partial charge < -0.3 is 10.1 Å². The van der Waals surface area contributed by atoms with Crippen molar-refractivity contribution in [2.45, 2.75) is 26.2 Å². The standard InChI is InChI=1S/C24H25NO4/c1-15-7-5-6-10-19(15)25-20(26)14-29-24(28)22-18-12-11-17(13-18)21(22)23(27)16-8-3-2-4-9-16/h2-10,17-18,21-22H,11-14H2,1H3,(H,25,26)/t17-,18-,21-,22+/m0/s1. The molecule has 0 heterocycles. The van der Waals surface area contributed by atoms with E-state index < -0.39 is 11.9 Å². The molecule has 0 saturated heterocycles. The maximum absolute atomic E-state index is 13.1. The Morgan fingerprint density at radius 2 is 1.59 bits per heavy atom. The maximum atomic E-state index is 13.1. The van der Waals surface area contributed by atoms with E-state index in [1.807, 2.05) is 43.3 Å². The van der Waals surface area contributed by atoms with Gasteiger partial charge in [-0.05, 0) is 49.7 Å². The van der Waals surface area contributed by atoms with Crippen LogP contribution in [0.4, 0.5) is 5.69 Å². The number of benzene rings is 2. The molecule has 29 heavy (non-hydrogen) atoms. The summed E-state index contributed by atoms with van der Waals surface area (Å²) in [4.78, 5) is 38.2. The van der Waals surface area contributed by atoms with Gasteiger partial charge in [0.25, 0.3) is 5.91 Å². The third kappa shape index (κ3) is 3.95. The van der Waals surface area contributed by atoms with Gasteiger partial charge in [0.15, 0.2) is 12.4 Å². The number of ether oxygens (including phenoxy) is 1. The first-order chi connectivity index (χ1) is 14.0. The molecule has 1 N–H and O–H groups in total. The summed E-state index contributed by atoms with van der Waals surface area (Å²) in [6.45, 7) is 1.56. The molecule has 2 aromatic carbocycles. The zero-order valence-corrected chi connectivity index (χ0v) is 16.5. The van der Waals surface area contributed by atoms with Crippen molar-refractivity contribution in [3.63, 3.8) is 0 Å². The Labute approximate surface area is 170 Å². The second kappa shape index (κ2) is 8.19. The molecule has 2 aliphatic carbocycles. The molecule has 0 aliphatic heterocycles. The van der Waals surface area contributed by atoms with E-state index in [2.05, 4.69) is 5.32 Å². The van der Waals surface area contributed by atoms with Crippen LogP contribution >= 0.6 is 0 Å². The highest BCUT2D eigenvalue weighted by molar-refractivity contribution is 6.01. The smallest absolute Gasteiger partial charge is 0.310 e. The van der Waals surface area contributed by atoms with Crippen LogP contribution in [0.3, 0.4) is 0 Å². The number of rotatable bonds is 6. The number of fused-ring (bicyclic) bond motifs is 2. The number of nitrogens with one attached hydrogen (secondary N) is 1. The molecule has 2 aliphatic rings. The normalized spacial score (nSPS) is 24.9. The van der Waals surface area contributed by atoms with Gasteiger partial charge in [-0.25, -0.2) is 0 Å². The predicted octanol–water partition coefficient (Wildman–Crippen LogP) is 4.02. The molecule has 2 aromatic rings. The van der Waals surface area contributed by atoms with Crippen LogP contribution in [0, 0.1) is 30.6 Å². The van der Waals surface area contributed by atoms with Crippen LogP contribution < -0.4 is 5.32 Å². The molecular weight excluding hydrogens is 366 g/mol. The van der Waals surface area contributed by atoms with Crippen molar-refractivity contribution in [3.8, 4) is 0 Å². The number of hydrogen-bond acceptors (Lipinski definition) is 4. The Kier molecular flexibility index (Phi) is 5.47. The van der Waals surface area contributed by atoms with E-state index >= 15 is 0 Å². The minimum absolute atomic E-state index is 0.0177. The zero-order valence-electron chi connectivity index (χ0n) is 16.5. The predicted molar refractivity (Wildman–Crippen MR) is 109 cm³/mol. The van der Waals surface area contributed by atoms with E-state index in [0.29, 0.717) is 11.3 Å². The largest absolute Gasteiger partial charge is 0.455 e. The van der Waals surface area contributed by atoms with Crippen LogP contribution in [0.5, 0.6) is 0 Å². The molecule has 4 rings (SSSR count). The van der Waals surface area contributed by atoms with Gasteiger partial charge in [0.2, 0.25) is 0 Å². The Bertz CT molecular complexity index is 923. The molecule has 0 unspecified atom stereocenters. The molecule has 4 atom stereocenters. The average molecular weight is 391 g/mol. The summed E-state index contributed by atoms with van der Waals surface area (Å²) >= 11 is 0. The molecule has 0 radical (unpaired) electrons. The molecule has 150 valence electrons. The molecule has 0 spiro atoms. The van der Waals surface area contributed by atoms with Gasteiger partial charge >= 0.3 is 5.97 Å². The van der Waals surface area contributed by atoms with E-state index in [4.69, 9.17) is 4.74 Å². The number of amides is 1. The lowest BCUT2D eigenvalue weighted by molar-refractivity contribution is -0.154. The van der Waals surface area contributed by atoms with Crippen LogP contribution in [0.15, 0.2) is 54.6 Å². The molecule has 2 fully saturated rings. The number of hydrogen-bond donors (Lipinski definition) is 1. The quantitative estimate of drug-likeness (QED) is 0.596. The first-order valence-electron chi connectivity index (χ1n) is 10.2. The van der Waals surface area contributed by atoms with Crippen molar-refractivity contribution in [1.29, 1.82) is 0 Å². The van der Waals surface area contributed by atoms with Crippen molar-refractivity contribution < 1.29 is 19.1 Å². The fourth-order valence-electron chi connectivity index (χ4n) is 4.93. The van der Waals surface area contributed by atoms with Crippen LogP contribution in [0.25, 0.3) is 0 Å². The number of anilines is 1. The summed E-state index contributed by atoms with van der Waals surface area (Å²) in [5.41, 5.74) is 2.28. The second-order valence-corrected chi connectivity index (χ2v) is 8.09. The van der Waals surface area contributed by atoms with E-state index in [-0.39, 0.29) is 36.1 Å². The number of carbonyl (C=O) groups excluding carboxylic acids is 3. The Hall–Kier alpha value is -2.95. The highest BCUT2D eigenvalue weighted by Crippen LogP contribution is 2.53. The third-order valence-corrected chi connectivity index (χ3v) is 6.31. The summed E-state index contributed by atoms with van der Waals surface area (Å²) in [6, 6.07) is 16.6. The minimum Gasteiger partial charge on any atom is -0.455 e. The van der Waals surface area contributed by atoms with E-state index in [1.54, 1.807) is 18.2 Å². The lowest BCUT2D eigenvalue weighted by atomic mass is 9.75. The highest BCUT2D eigenvalue weighted by atomic mass is 16.5. The van der Waals surface area contributed by atoms with Crippen LogP contribution in [0.2, 0.25) is 0 Å². The highest BCUT2D eigenvalue weighted by Gasteiger charge is 2.54. The Balaban J connectivity index is 1.41. The third-order valence-electron chi connectivity index (χ3n) is 6.31. The number of aryl methyl sites for hydroxylation is 1. The average Bonchev–Trinajstić information content (AvgIpc) is 3.35.